The summed E-state index contributed by atoms with van der Waals surface area (Å²) < 4.78 is 1.72. The molecule has 3 aromatic rings. The van der Waals surface area contributed by atoms with E-state index < -0.39 is 0 Å². The van der Waals surface area contributed by atoms with Gasteiger partial charge in [-0.1, -0.05) is 65.3 Å². The van der Waals surface area contributed by atoms with Crippen molar-refractivity contribution in [3.8, 4) is 16.8 Å². The van der Waals surface area contributed by atoms with Crippen LogP contribution in [0.25, 0.3) is 16.8 Å². The lowest BCUT2D eigenvalue weighted by molar-refractivity contribution is 0.0940. The zero-order chi connectivity index (χ0) is 21.4. The maximum atomic E-state index is 13.0. The summed E-state index contributed by atoms with van der Waals surface area (Å²) in [5, 5.41) is 13.0. The second kappa shape index (κ2) is 7.71. The molecule has 2 aromatic carbocycles. The van der Waals surface area contributed by atoms with E-state index in [1.54, 1.807) is 4.68 Å². The lowest BCUT2D eigenvalue weighted by Gasteiger charge is -2.19. The van der Waals surface area contributed by atoms with Crippen molar-refractivity contribution in [1.29, 1.82) is 0 Å². The number of tetrazole rings is 1. The minimum Gasteiger partial charge on any atom is -0.294 e. The van der Waals surface area contributed by atoms with Crippen LogP contribution >= 0.6 is 11.6 Å². The maximum absolute atomic E-state index is 13.0. The van der Waals surface area contributed by atoms with Crippen LogP contribution in [0, 0.1) is 5.41 Å². The van der Waals surface area contributed by atoms with Gasteiger partial charge in [0.1, 0.15) is 0 Å². The molecule has 0 aliphatic heterocycles. The van der Waals surface area contributed by atoms with Crippen LogP contribution in [0.3, 0.4) is 0 Å². The molecular weight excluding hydrogens is 384 g/mol. The van der Waals surface area contributed by atoms with Crippen molar-refractivity contribution in [2.45, 2.75) is 53.4 Å². The van der Waals surface area contributed by atoms with Crippen molar-refractivity contribution < 1.29 is 4.79 Å². The van der Waals surface area contributed by atoms with Crippen LogP contribution in [0.15, 0.2) is 42.5 Å². The fourth-order valence-corrected chi connectivity index (χ4v) is 3.24. The molecule has 0 fully saturated rings. The summed E-state index contributed by atoms with van der Waals surface area (Å²) in [4.78, 5) is 13.0. The second-order valence-electron chi connectivity index (χ2n) is 9.60. The number of hydrogen-bond donors (Lipinski definition) is 0. The highest BCUT2D eigenvalue weighted by atomic mass is 35.5. The third-order valence-electron chi connectivity index (χ3n) is 4.49. The van der Waals surface area contributed by atoms with Gasteiger partial charge in [0.2, 0.25) is 0 Å². The zero-order valence-electron chi connectivity index (χ0n) is 17.8. The third-order valence-corrected chi connectivity index (χ3v) is 4.75. The SMILES string of the molecule is CC(C)(C)CC(=O)c1cc(-c2ccc(Cl)cc2)cc(-n2nnnc2C(C)(C)C)c1. The highest BCUT2D eigenvalue weighted by molar-refractivity contribution is 6.30. The first-order valence-electron chi connectivity index (χ1n) is 9.67. The predicted molar refractivity (Wildman–Crippen MR) is 117 cm³/mol. The molecule has 0 bridgehead atoms. The summed E-state index contributed by atoms with van der Waals surface area (Å²) in [5.41, 5.74) is 2.98. The Labute approximate surface area is 177 Å². The molecule has 0 spiro atoms. The summed E-state index contributed by atoms with van der Waals surface area (Å²) >= 11 is 6.05. The molecule has 152 valence electrons. The Balaban J connectivity index is 2.17. The smallest absolute Gasteiger partial charge is 0.163 e. The number of nitrogens with zero attached hydrogens (tertiary/aromatic N) is 4. The third kappa shape index (κ3) is 5.10. The van der Waals surface area contributed by atoms with Crippen molar-refractivity contribution in [3.05, 3.63) is 58.9 Å². The topological polar surface area (TPSA) is 60.7 Å². The Hall–Kier alpha value is -2.53. The fourth-order valence-electron chi connectivity index (χ4n) is 3.12. The summed E-state index contributed by atoms with van der Waals surface area (Å²) in [6.07, 6.45) is 0.457. The Morgan fingerprint density at radius 1 is 0.966 bits per heavy atom. The molecule has 3 rings (SSSR count). The van der Waals surface area contributed by atoms with Crippen molar-refractivity contribution in [2.75, 3.05) is 0 Å². The quantitative estimate of drug-likeness (QED) is 0.502. The van der Waals surface area contributed by atoms with Gasteiger partial charge in [0.05, 0.1) is 5.69 Å². The van der Waals surface area contributed by atoms with E-state index in [-0.39, 0.29) is 16.6 Å². The van der Waals surface area contributed by atoms with Gasteiger partial charge in [-0.05, 0) is 57.3 Å². The van der Waals surface area contributed by atoms with Gasteiger partial charge in [0.15, 0.2) is 11.6 Å². The molecule has 6 heteroatoms. The first-order chi connectivity index (χ1) is 13.4. The monoisotopic (exact) mass is 410 g/mol. The van der Waals surface area contributed by atoms with Crippen LogP contribution in [0.1, 0.15) is 64.1 Å². The first kappa shape index (κ1) is 21.2. The van der Waals surface area contributed by atoms with E-state index in [1.807, 2.05) is 42.5 Å². The highest BCUT2D eigenvalue weighted by Gasteiger charge is 2.24. The number of ketones is 1. The molecule has 29 heavy (non-hydrogen) atoms. The molecule has 0 radical (unpaired) electrons. The number of benzene rings is 2. The summed E-state index contributed by atoms with van der Waals surface area (Å²) in [6, 6.07) is 13.4. The van der Waals surface area contributed by atoms with Crippen molar-refractivity contribution in [2.24, 2.45) is 5.41 Å². The molecule has 0 unspecified atom stereocenters. The molecule has 0 saturated carbocycles. The molecule has 0 N–H and O–H groups in total. The molecule has 0 aliphatic rings. The van der Waals surface area contributed by atoms with E-state index in [4.69, 9.17) is 11.6 Å². The number of carbonyl (C=O) groups excluding carboxylic acids is 1. The predicted octanol–water partition coefficient (Wildman–Crippen LogP) is 5.90. The number of Topliss-reactive ketones (excluding diaryl/α,β-unsaturated/α-hetero) is 1. The van der Waals surface area contributed by atoms with Crippen LogP contribution in [0.5, 0.6) is 0 Å². The molecule has 0 aliphatic carbocycles. The van der Waals surface area contributed by atoms with Gasteiger partial charge in [-0.25, -0.2) is 0 Å². The van der Waals surface area contributed by atoms with E-state index >= 15 is 0 Å². The summed E-state index contributed by atoms with van der Waals surface area (Å²) in [6.45, 7) is 12.4. The van der Waals surface area contributed by atoms with Crippen LogP contribution in [-0.4, -0.2) is 26.0 Å². The van der Waals surface area contributed by atoms with Crippen molar-refractivity contribution >= 4 is 17.4 Å². The average molecular weight is 411 g/mol. The van der Waals surface area contributed by atoms with E-state index in [0.29, 0.717) is 17.0 Å². The standard InChI is InChI=1S/C23H27ClN4O/c1-22(2,3)14-20(29)17-11-16(15-7-9-18(24)10-8-15)12-19(13-17)28-21(23(4,5)6)25-26-27-28/h7-13H,14H2,1-6H3. The fraction of sp³-hybridized carbons (Fsp3) is 0.391. The minimum absolute atomic E-state index is 0.0972. The number of hydrogen-bond acceptors (Lipinski definition) is 4. The Bertz CT molecular complexity index is 1020. The van der Waals surface area contributed by atoms with E-state index in [1.165, 1.54) is 0 Å². The average Bonchev–Trinajstić information content (AvgIpc) is 3.11. The molecule has 0 amide bonds. The zero-order valence-corrected chi connectivity index (χ0v) is 18.6. The van der Waals surface area contributed by atoms with E-state index in [0.717, 1.165) is 22.6 Å². The second-order valence-corrected chi connectivity index (χ2v) is 10.0. The molecule has 1 heterocycles. The number of halogens is 1. The Morgan fingerprint density at radius 2 is 1.62 bits per heavy atom. The van der Waals surface area contributed by atoms with Crippen LogP contribution in [0.2, 0.25) is 5.02 Å². The molecule has 5 nitrogen and oxygen atoms in total. The lowest BCUT2D eigenvalue weighted by atomic mass is 9.87. The molecule has 0 atom stereocenters. The largest absolute Gasteiger partial charge is 0.294 e. The van der Waals surface area contributed by atoms with Gasteiger partial charge in [-0.3, -0.25) is 4.79 Å². The minimum atomic E-state index is -0.241. The summed E-state index contributed by atoms with van der Waals surface area (Å²) in [7, 11) is 0. The molecule has 1 aromatic heterocycles. The first-order valence-corrected chi connectivity index (χ1v) is 10.1. The number of carbonyl (C=O) groups is 1. The maximum Gasteiger partial charge on any atom is 0.163 e. The van der Waals surface area contributed by atoms with E-state index in [2.05, 4.69) is 57.1 Å². The van der Waals surface area contributed by atoms with Crippen LogP contribution in [0.4, 0.5) is 0 Å². The van der Waals surface area contributed by atoms with Gasteiger partial charge in [0.25, 0.3) is 0 Å². The molecule has 0 saturated heterocycles. The van der Waals surface area contributed by atoms with Gasteiger partial charge in [0, 0.05) is 22.4 Å². The Morgan fingerprint density at radius 3 is 2.21 bits per heavy atom. The van der Waals surface area contributed by atoms with Gasteiger partial charge in [-0.15, -0.1) is 5.10 Å². The number of aromatic nitrogens is 4. The summed E-state index contributed by atoms with van der Waals surface area (Å²) in [5.74, 6) is 0.833. The lowest BCUT2D eigenvalue weighted by Crippen LogP contribution is -2.19. The van der Waals surface area contributed by atoms with Crippen molar-refractivity contribution in [1.82, 2.24) is 20.2 Å². The van der Waals surface area contributed by atoms with Gasteiger partial charge in [-0.2, -0.15) is 4.68 Å². The van der Waals surface area contributed by atoms with Gasteiger partial charge < -0.3 is 0 Å². The number of rotatable bonds is 4. The van der Waals surface area contributed by atoms with Crippen molar-refractivity contribution in [3.63, 3.8) is 0 Å². The highest BCUT2D eigenvalue weighted by Crippen LogP contribution is 2.30. The van der Waals surface area contributed by atoms with E-state index in [9.17, 15) is 4.79 Å². The normalized spacial score (nSPS) is 12.2. The van der Waals surface area contributed by atoms with Gasteiger partial charge >= 0.3 is 0 Å². The Kier molecular flexibility index (Phi) is 5.63. The van der Waals surface area contributed by atoms with Crippen LogP contribution in [-0.2, 0) is 5.41 Å². The molecular formula is C23H27ClN4O. The van der Waals surface area contributed by atoms with Crippen LogP contribution < -0.4 is 0 Å².